The van der Waals surface area contributed by atoms with Crippen molar-refractivity contribution >= 4 is 28.1 Å². The lowest BCUT2D eigenvalue weighted by Gasteiger charge is -2.03. The van der Waals surface area contributed by atoms with Crippen LogP contribution in [0, 0.1) is 5.82 Å². The maximum absolute atomic E-state index is 12.8. The van der Waals surface area contributed by atoms with E-state index in [9.17, 15) is 4.39 Å². The summed E-state index contributed by atoms with van der Waals surface area (Å²) in [5, 5.41) is 11.1. The third-order valence-corrected chi connectivity index (χ3v) is 2.69. The van der Waals surface area contributed by atoms with Gasteiger partial charge in [-0.05, 0) is 42.5 Å². The Morgan fingerprint density at radius 3 is 2.67 bits per heavy atom. The summed E-state index contributed by atoms with van der Waals surface area (Å²) in [5.41, 5.74) is 8.09. The number of rotatable bonds is 2. The normalized spacial score (nSPS) is 10.7. The molecule has 0 atom stereocenters. The van der Waals surface area contributed by atoms with Crippen LogP contribution in [0.2, 0.25) is 0 Å². The second-order valence-corrected chi connectivity index (χ2v) is 4.01. The second kappa shape index (κ2) is 4.03. The molecule has 0 saturated carbocycles. The highest BCUT2D eigenvalue weighted by Crippen LogP contribution is 2.25. The molecule has 0 aliphatic heterocycles. The Bertz CT molecular complexity index is 688. The standard InChI is InChI=1S/C13H11FN4/c14-8-1-4-10(5-2-8)16-13-11-7-9(15)3-6-12(11)17-18-13/h1-7H,15H2,(H2,16,17,18). The Balaban J connectivity index is 1.99. The number of anilines is 3. The summed E-state index contributed by atoms with van der Waals surface area (Å²) in [7, 11) is 0. The predicted molar refractivity (Wildman–Crippen MR) is 70.2 cm³/mol. The summed E-state index contributed by atoms with van der Waals surface area (Å²) in [6, 6.07) is 11.6. The van der Waals surface area contributed by atoms with E-state index in [1.807, 2.05) is 18.2 Å². The summed E-state index contributed by atoms with van der Waals surface area (Å²) < 4.78 is 12.8. The summed E-state index contributed by atoms with van der Waals surface area (Å²) in [5.74, 6) is 0.403. The van der Waals surface area contributed by atoms with E-state index in [-0.39, 0.29) is 5.82 Å². The maximum Gasteiger partial charge on any atom is 0.160 e. The fraction of sp³-hybridized carbons (Fsp3) is 0. The van der Waals surface area contributed by atoms with Crippen molar-refractivity contribution in [3.63, 3.8) is 0 Å². The molecule has 0 aliphatic carbocycles. The molecule has 0 fully saturated rings. The van der Waals surface area contributed by atoms with Crippen LogP contribution in [0.5, 0.6) is 0 Å². The number of nitrogen functional groups attached to an aromatic ring is 1. The lowest BCUT2D eigenvalue weighted by molar-refractivity contribution is 0.628. The average molecular weight is 242 g/mol. The Labute approximate surface area is 103 Å². The predicted octanol–water partition coefficient (Wildman–Crippen LogP) is 3.03. The molecule has 0 amide bonds. The van der Waals surface area contributed by atoms with Crippen molar-refractivity contribution in [3.8, 4) is 0 Å². The Morgan fingerprint density at radius 1 is 1.11 bits per heavy atom. The first-order valence-corrected chi connectivity index (χ1v) is 5.48. The van der Waals surface area contributed by atoms with Gasteiger partial charge < -0.3 is 11.1 Å². The molecule has 0 unspecified atom stereocenters. The van der Waals surface area contributed by atoms with E-state index in [1.165, 1.54) is 12.1 Å². The number of aromatic amines is 1. The molecule has 0 radical (unpaired) electrons. The summed E-state index contributed by atoms with van der Waals surface area (Å²) >= 11 is 0. The number of nitrogens with zero attached hydrogens (tertiary/aromatic N) is 1. The van der Waals surface area contributed by atoms with Crippen molar-refractivity contribution in [3.05, 3.63) is 48.3 Å². The Kier molecular flexibility index (Phi) is 2.37. The van der Waals surface area contributed by atoms with E-state index in [4.69, 9.17) is 5.73 Å². The van der Waals surface area contributed by atoms with Crippen molar-refractivity contribution in [2.24, 2.45) is 0 Å². The number of hydrogen-bond donors (Lipinski definition) is 3. The minimum absolute atomic E-state index is 0.267. The fourth-order valence-electron chi connectivity index (χ4n) is 1.80. The fourth-order valence-corrected chi connectivity index (χ4v) is 1.80. The molecule has 0 aliphatic rings. The number of nitrogens with two attached hydrogens (primary N) is 1. The molecule has 4 nitrogen and oxygen atoms in total. The lowest BCUT2D eigenvalue weighted by Crippen LogP contribution is -1.91. The molecule has 3 aromatic rings. The van der Waals surface area contributed by atoms with Gasteiger partial charge in [0, 0.05) is 16.8 Å². The van der Waals surface area contributed by atoms with Crippen LogP contribution in [0.25, 0.3) is 10.9 Å². The molecule has 3 rings (SSSR count). The molecule has 0 spiro atoms. The zero-order valence-corrected chi connectivity index (χ0v) is 9.44. The zero-order valence-electron chi connectivity index (χ0n) is 9.44. The number of H-pyrrole nitrogens is 1. The van der Waals surface area contributed by atoms with Gasteiger partial charge in [-0.25, -0.2) is 4.39 Å². The van der Waals surface area contributed by atoms with E-state index < -0.39 is 0 Å². The lowest BCUT2D eigenvalue weighted by atomic mass is 10.2. The minimum atomic E-state index is -0.267. The van der Waals surface area contributed by atoms with E-state index in [0.29, 0.717) is 11.5 Å². The van der Waals surface area contributed by atoms with Gasteiger partial charge in [-0.15, -0.1) is 0 Å². The Hall–Kier alpha value is -2.56. The monoisotopic (exact) mass is 242 g/mol. The van der Waals surface area contributed by atoms with E-state index in [1.54, 1.807) is 12.1 Å². The van der Waals surface area contributed by atoms with Crippen LogP contribution in [-0.2, 0) is 0 Å². The molecular weight excluding hydrogens is 231 g/mol. The molecule has 0 saturated heterocycles. The minimum Gasteiger partial charge on any atom is -0.399 e. The number of aromatic nitrogens is 2. The molecule has 4 N–H and O–H groups in total. The SMILES string of the molecule is Nc1ccc2[nH]nc(Nc3ccc(F)cc3)c2c1. The van der Waals surface area contributed by atoms with Gasteiger partial charge in [-0.2, -0.15) is 5.10 Å². The highest BCUT2D eigenvalue weighted by Gasteiger charge is 2.06. The van der Waals surface area contributed by atoms with Gasteiger partial charge in [-0.3, -0.25) is 5.10 Å². The van der Waals surface area contributed by atoms with E-state index >= 15 is 0 Å². The van der Waals surface area contributed by atoms with Crippen molar-refractivity contribution < 1.29 is 4.39 Å². The number of halogens is 1. The van der Waals surface area contributed by atoms with Gasteiger partial charge in [0.15, 0.2) is 5.82 Å². The highest BCUT2D eigenvalue weighted by atomic mass is 19.1. The molecule has 0 bridgehead atoms. The third-order valence-electron chi connectivity index (χ3n) is 2.69. The molecule has 2 aromatic carbocycles. The van der Waals surface area contributed by atoms with Crippen molar-refractivity contribution in [2.75, 3.05) is 11.1 Å². The number of hydrogen-bond acceptors (Lipinski definition) is 3. The quantitative estimate of drug-likeness (QED) is 0.605. The second-order valence-electron chi connectivity index (χ2n) is 4.01. The molecule has 5 heteroatoms. The topological polar surface area (TPSA) is 66.7 Å². The molecule has 90 valence electrons. The number of fused-ring (bicyclic) bond motifs is 1. The van der Waals surface area contributed by atoms with Gasteiger partial charge in [0.2, 0.25) is 0 Å². The number of nitrogens with one attached hydrogen (secondary N) is 2. The van der Waals surface area contributed by atoms with Crippen molar-refractivity contribution in [1.29, 1.82) is 0 Å². The largest absolute Gasteiger partial charge is 0.399 e. The van der Waals surface area contributed by atoms with Gasteiger partial charge >= 0.3 is 0 Å². The Morgan fingerprint density at radius 2 is 1.89 bits per heavy atom. The van der Waals surface area contributed by atoms with Crippen LogP contribution < -0.4 is 11.1 Å². The van der Waals surface area contributed by atoms with Crippen molar-refractivity contribution in [1.82, 2.24) is 10.2 Å². The average Bonchev–Trinajstić information content (AvgIpc) is 2.75. The first kappa shape index (κ1) is 10.6. The molecule has 1 heterocycles. The summed E-state index contributed by atoms with van der Waals surface area (Å²) in [6.07, 6.45) is 0. The van der Waals surface area contributed by atoms with Crippen LogP contribution in [0.3, 0.4) is 0 Å². The third kappa shape index (κ3) is 1.86. The molecular formula is C13H11FN4. The van der Waals surface area contributed by atoms with Gasteiger partial charge in [0.05, 0.1) is 5.52 Å². The van der Waals surface area contributed by atoms with Crippen LogP contribution in [0.4, 0.5) is 21.6 Å². The van der Waals surface area contributed by atoms with Crippen LogP contribution >= 0.6 is 0 Å². The van der Waals surface area contributed by atoms with Crippen LogP contribution in [0.1, 0.15) is 0 Å². The van der Waals surface area contributed by atoms with Gasteiger partial charge in [0.1, 0.15) is 5.82 Å². The smallest absolute Gasteiger partial charge is 0.160 e. The van der Waals surface area contributed by atoms with Gasteiger partial charge in [-0.1, -0.05) is 0 Å². The zero-order chi connectivity index (χ0) is 12.5. The van der Waals surface area contributed by atoms with E-state index in [2.05, 4.69) is 15.5 Å². The van der Waals surface area contributed by atoms with Crippen LogP contribution in [0.15, 0.2) is 42.5 Å². The molecule has 1 aromatic heterocycles. The highest BCUT2D eigenvalue weighted by molar-refractivity contribution is 5.93. The first-order valence-electron chi connectivity index (χ1n) is 5.48. The number of benzene rings is 2. The van der Waals surface area contributed by atoms with Crippen LogP contribution in [-0.4, -0.2) is 10.2 Å². The van der Waals surface area contributed by atoms with Crippen molar-refractivity contribution in [2.45, 2.75) is 0 Å². The first-order chi connectivity index (χ1) is 8.72. The summed E-state index contributed by atoms with van der Waals surface area (Å²) in [4.78, 5) is 0. The maximum atomic E-state index is 12.8. The van der Waals surface area contributed by atoms with Gasteiger partial charge in [0.25, 0.3) is 0 Å². The molecule has 18 heavy (non-hydrogen) atoms. The summed E-state index contributed by atoms with van der Waals surface area (Å²) in [6.45, 7) is 0. The van der Waals surface area contributed by atoms with E-state index in [0.717, 1.165) is 16.6 Å².